The van der Waals surface area contributed by atoms with Crippen LogP contribution in [0.15, 0.2) is 82.6 Å². The number of amides is 1. The van der Waals surface area contributed by atoms with Crippen molar-refractivity contribution in [1.29, 1.82) is 0 Å². The fourth-order valence-electron chi connectivity index (χ4n) is 2.96. The van der Waals surface area contributed by atoms with E-state index in [0.717, 1.165) is 22.8 Å². The van der Waals surface area contributed by atoms with Crippen LogP contribution in [0.25, 0.3) is 0 Å². The standard InChI is InChI=1S/C23H22N4O3S/c1-17-7-5-8-18(13-17)24-22(28)16-31-23-26-25-21(15-30-19-9-3-2-4-10-19)27(23)14-20-11-6-12-29-20/h2-13H,14-16H2,1H3,(H,24,28). The first-order valence-electron chi connectivity index (χ1n) is 9.79. The number of benzene rings is 2. The first kappa shape index (κ1) is 20.7. The lowest BCUT2D eigenvalue weighted by molar-refractivity contribution is -0.113. The summed E-state index contributed by atoms with van der Waals surface area (Å²) < 4.78 is 13.2. The Morgan fingerprint density at radius 3 is 2.74 bits per heavy atom. The smallest absolute Gasteiger partial charge is 0.234 e. The van der Waals surface area contributed by atoms with Crippen LogP contribution in [0.4, 0.5) is 5.69 Å². The average Bonchev–Trinajstić information content (AvgIpc) is 3.42. The number of thioether (sulfide) groups is 1. The highest BCUT2D eigenvalue weighted by Gasteiger charge is 2.16. The second kappa shape index (κ2) is 9.99. The second-order valence-electron chi connectivity index (χ2n) is 6.87. The minimum absolute atomic E-state index is 0.106. The molecule has 2 heterocycles. The molecule has 0 aliphatic heterocycles. The molecule has 2 aromatic heterocycles. The molecule has 1 amide bonds. The molecule has 4 rings (SSSR count). The van der Waals surface area contributed by atoms with Gasteiger partial charge in [-0.25, -0.2) is 0 Å². The summed E-state index contributed by atoms with van der Waals surface area (Å²) in [4.78, 5) is 12.4. The zero-order valence-corrected chi connectivity index (χ0v) is 17.8. The molecule has 2 aromatic carbocycles. The van der Waals surface area contributed by atoms with Gasteiger partial charge in [0.05, 0.1) is 18.6 Å². The minimum Gasteiger partial charge on any atom is -0.486 e. The van der Waals surface area contributed by atoms with Crippen LogP contribution in [0.3, 0.4) is 0 Å². The van der Waals surface area contributed by atoms with E-state index in [-0.39, 0.29) is 18.3 Å². The SMILES string of the molecule is Cc1cccc(NC(=O)CSc2nnc(COc3ccccc3)n2Cc2ccco2)c1. The van der Waals surface area contributed by atoms with Crippen molar-refractivity contribution in [1.82, 2.24) is 14.8 Å². The highest BCUT2D eigenvalue weighted by atomic mass is 32.2. The Hall–Kier alpha value is -3.52. The van der Waals surface area contributed by atoms with Crippen LogP contribution >= 0.6 is 11.8 Å². The van der Waals surface area contributed by atoms with Gasteiger partial charge in [0.1, 0.15) is 18.1 Å². The van der Waals surface area contributed by atoms with Gasteiger partial charge in [0.2, 0.25) is 5.91 Å². The Morgan fingerprint density at radius 2 is 1.97 bits per heavy atom. The summed E-state index contributed by atoms with van der Waals surface area (Å²) in [6.07, 6.45) is 1.63. The number of aromatic nitrogens is 3. The van der Waals surface area contributed by atoms with Crippen molar-refractivity contribution in [2.75, 3.05) is 11.1 Å². The zero-order chi connectivity index (χ0) is 21.5. The van der Waals surface area contributed by atoms with Crippen LogP contribution in [0.2, 0.25) is 0 Å². The van der Waals surface area contributed by atoms with Crippen LogP contribution in [-0.2, 0) is 17.9 Å². The van der Waals surface area contributed by atoms with E-state index in [1.807, 2.05) is 78.2 Å². The predicted octanol–water partition coefficient (Wildman–Crippen LogP) is 4.54. The Balaban J connectivity index is 1.44. The van der Waals surface area contributed by atoms with E-state index in [1.54, 1.807) is 6.26 Å². The normalized spacial score (nSPS) is 10.7. The molecule has 0 saturated carbocycles. The Morgan fingerprint density at radius 1 is 1.10 bits per heavy atom. The van der Waals surface area contributed by atoms with Crippen molar-refractivity contribution in [2.45, 2.75) is 25.2 Å². The molecule has 31 heavy (non-hydrogen) atoms. The molecule has 1 N–H and O–H groups in total. The molecule has 0 aliphatic rings. The number of rotatable bonds is 9. The maximum atomic E-state index is 12.4. The highest BCUT2D eigenvalue weighted by molar-refractivity contribution is 7.99. The van der Waals surface area contributed by atoms with Gasteiger partial charge in [-0.05, 0) is 48.9 Å². The first-order chi connectivity index (χ1) is 15.2. The number of anilines is 1. The van der Waals surface area contributed by atoms with Gasteiger partial charge in [0.25, 0.3) is 0 Å². The van der Waals surface area contributed by atoms with Crippen molar-refractivity contribution in [3.63, 3.8) is 0 Å². The molecule has 4 aromatic rings. The topological polar surface area (TPSA) is 82.2 Å². The Bertz CT molecular complexity index is 1130. The number of nitrogens with zero attached hydrogens (tertiary/aromatic N) is 3. The summed E-state index contributed by atoms with van der Waals surface area (Å²) in [5.74, 6) is 2.28. The number of hydrogen-bond donors (Lipinski definition) is 1. The quantitative estimate of drug-likeness (QED) is 0.390. The van der Waals surface area contributed by atoms with E-state index in [1.165, 1.54) is 11.8 Å². The number of nitrogens with one attached hydrogen (secondary N) is 1. The van der Waals surface area contributed by atoms with E-state index >= 15 is 0 Å². The molecule has 8 heteroatoms. The maximum Gasteiger partial charge on any atom is 0.234 e. The number of ether oxygens (including phenoxy) is 1. The number of carbonyl (C=O) groups excluding carboxylic acids is 1. The molecular formula is C23H22N4O3S. The molecule has 0 saturated heterocycles. The van der Waals surface area contributed by atoms with E-state index in [4.69, 9.17) is 9.15 Å². The molecule has 0 bridgehead atoms. The molecule has 0 radical (unpaired) electrons. The van der Waals surface area contributed by atoms with Gasteiger partial charge < -0.3 is 14.5 Å². The molecular weight excluding hydrogens is 412 g/mol. The molecule has 158 valence electrons. The lowest BCUT2D eigenvalue weighted by Crippen LogP contribution is -2.15. The number of furan rings is 1. The van der Waals surface area contributed by atoms with Crippen molar-refractivity contribution in [2.24, 2.45) is 0 Å². The van der Waals surface area contributed by atoms with Gasteiger partial charge in [0, 0.05) is 5.69 Å². The van der Waals surface area contributed by atoms with Gasteiger partial charge in [-0.15, -0.1) is 10.2 Å². The van der Waals surface area contributed by atoms with Gasteiger partial charge in [-0.1, -0.05) is 42.1 Å². The summed E-state index contributed by atoms with van der Waals surface area (Å²) in [5, 5.41) is 12.1. The maximum absolute atomic E-state index is 12.4. The van der Waals surface area contributed by atoms with Crippen molar-refractivity contribution in [3.8, 4) is 5.75 Å². The molecule has 0 fully saturated rings. The number of hydrogen-bond acceptors (Lipinski definition) is 6. The third-order valence-corrected chi connectivity index (χ3v) is 5.40. The van der Waals surface area contributed by atoms with Gasteiger partial charge >= 0.3 is 0 Å². The largest absolute Gasteiger partial charge is 0.486 e. The Kier molecular flexibility index (Phi) is 6.68. The molecule has 0 aliphatic carbocycles. The van der Waals surface area contributed by atoms with Crippen LogP contribution in [0.5, 0.6) is 5.75 Å². The predicted molar refractivity (Wildman–Crippen MR) is 119 cm³/mol. The summed E-state index contributed by atoms with van der Waals surface area (Å²) in [5.41, 5.74) is 1.87. The fourth-order valence-corrected chi connectivity index (χ4v) is 3.72. The number of para-hydroxylation sites is 1. The van der Waals surface area contributed by atoms with E-state index in [9.17, 15) is 4.79 Å². The van der Waals surface area contributed by atoms with Gasteiger partial charge in [-0.3, -0.25) is 9.36 Å². The third-order valence-electron chi connectivity index (χ3n) is 4.43. The summed E-state index contributed by atoms with van der Waals surface area (Å²) in [6.45, 7) is 2.70. The minimum atomic E-state index is -0.106. The Labute approximate surface area is 184 Å². The molecule has 7 nitrogen and oxygen atoms in total. The van der Waals surface area contributed by atoms with E-state index < -0.39 is 0 Å². The summed E-state index contributed by atoms with van der Waals surface area (Å²) in [6, 6.07) is 21.0. The van der Waals surface area contributed by atoms with Crippen molar-refractivity contribution >= 4 is 23.4 Å². The third kappa shape index (κ3) is 5.76. The van der Waals surface area contributed by atoms with E-state index in [2.05, 4.69) is 15.5 Å². The highest BCUT2D eigenvalue weighted by Crippen LogP contribution is 2.21. The first-order valence-corrected chi connectivity index (χ1v) is 10.8. The van der Waals surface area contributed by atoms with Crippen LogP contribution in [-0.4, -0.2) is 26.4 Å². The van der Waals surface area contributed by atoms with Crippen molar-refractivity contribution < 1.29 is 13.9 Å². The lowest BCUT2D eigenvalue weighted by atomic mass is 10.2. The number of aryl methyl sites for hydroxylation is 1. The van der Waals surface area contributed by atoms with Crippen LogP contribution in [0, 0.1) is 6.92 Å². The van der Waals surface area contributed by atoms with E-state index in [0.29, 0.717) is 17.5 Å². The van der Waals surface area contributed by atoms with Gasteiger partial charge in [-0.2, -0.15) is 0 Å². The summed E-state index contributed by atoms with van der Waals surface area (Å²) in [7, 11) is 0. The molecule has 0 atom stereocenters. The van der Waals surface area contributed by atoms with Gasteiger partial charge in [0.15, 0.2) is 11.0 Å². The van der Waals surface area contributed by atoms with Crippen molar-refractivity contribution in [3.05, 3.63) is 90.1 Å². The van der Waals surface area contributed by atoms with Crippen LogP contribution < -0.4 is 10.1 Å². The molecule has 0 unspecified atom stereocenters. The summed E-state index contributed by atoms with van der Waals surface area (Å²) >= 11 is 1.32. The lowest BCUT2D eigenvalue weighted by Gasteiger charge is -2.10. The second-order valence-corrected chi connectivity index (χ2v) is 7.81. The number of carbonyl (C=O) groups is 1. The van der Waals surface area contributed by atoms with Crippen LogP contribution in [0.1, 0.15) is 17.1 Å². The molecule has 0 spiro atoms. The zero-order valence-electron chi connectivity index (χ0n) is 17.0. The monoisotopic (exact) mass is 434 g/mol. The fraction of sp³-hybridized carbons (Fsp3) is 0.174. The average molecular weight is 435 g/mol.